The van der Waals surface area contributed by atoms with Crippen molar-refractivity contribution in [1.82, 2.24) is 13.9 Å². The van der Waals surface area contributed by atoms with Crippen molar-refractivity contribution in [3.05, 3.63) is 12.5 Å². The molecule has 0 radical (unpaired) electrons. The van der Waals surface area contributed by atoms with E-state index in [1.165, 1.54) is 16.8 Å². The lowest BCUT2D eigenvalue weighted by molar-refractivity contribution is 0.252. The van der Waals surface area contributed by atoms with E-state index in [1.807, 2.05) is 20.8 Å². The smallest absolute Gasteiger partial charge is 0.262 e. The van der Waals surface area contributed by atoms with E-state index >= 15 is 0 Å². The molecule has 0 aliphatic carbocycles. The molecule has 0 aliphatic heterocycles. The normalized spacial score (nSPS) is 12.5. The van der Waals surface area contributed by atoms with E-state index in [9.17, 15) is 8.42 Å². The number of rotatable bonds is 8. The highest BCUT2D eigenvalue weighted by atomic mass is 32.2. The summed E-state index contributed by atoms with van der Waals surface area (Å²) in [5.74, 6) is 0. The average molecular weight is 289 g/mol. The minimum Gasteiger partial charge on any atom is -0.395 e. The highest BCUT2D eigenvalue weighted by molar-refractivity contribution is 7.89. The first-order valence-corrected chi connectivity index (χ1v) is 8.02. The number of nitrogens with zero attached hydrogens (tertiary/aromatic N) is 3. The Balaban J connectivity index is 2.97. The Bertz CT molecular complexity index is 482. The summed E-state index contributed by atoms with van der Waals surface area (Å²) in [7, 11) is -3.61. The van der Waals surface area contributed by atoms with Crippen LogP contribution in [0.4, 0.5) is 0 Å². The molecule has 0 aliphatic rings. The van der Waals surface area contributed by atoms with Crippen molar-refractivity contribution < 1.29 is 13.5 Å². The van der Waals surface area contributed by atoms with Gasteiger partial charge < -0.3 is 9.67 Å². The molecule has 19 heavy (non-hydrogen) atoms. The van der Waals surface area contributed by atoms with E-state index < -0.39 is 10.0 Å². The summed E-state index contributed by atoms with van der Waals surface area (Å²) >= 11 is 0. The molecule has 110 valence electrons. The Morgan fingerprint density at radius 3 is 2.58 bits per heavy atom. The molecule has 0 amide bonds. The minimum absolute atomic E-state index is 0.0470. The van der Waals surface area contributed by atoms with Crippen molar-refractivity contribution in [2.24, 2.45) is 0 Å². The SMILES string of the molecule is CCCCN(CCO)S(=O)(=O)c1cn(C(C)C)cn1. The van der Waals surface area contributed by atoms with Crippen LogP contribution in [0, 0.1) is 0 Å². The number of sulfonamides is 1. The number of hydrogen-bond donors (Lipinski definition) is 1. The predicted octanol–water partition coefficient (Wildman–Crippen LogP) is 1.25. The van der Waals surface area contributed by atoms with Crippen LogP contribution >= 0.6 is 0 Å². The van der Waals surface area contributed by atoms with Gasteiger partial charge in [-0.1, -0.05) is 13.3 Å². The van der Waals surface area contributed by atoms with Gasteiger partial charge >= 0.3 is 0 Å². The Morgan fingerprint density at radius 2 is 2.11 bits per heavy atom. The quantitative estimate of drug-likeness (QED) is 0.781. The van der Waals surface area contributed by atoms with Crippen LogP contribution in [-0.4, -0.2) is 47.1 Å². The molecule has 0 aromatic carbocycles. The zero-order chi connectivity index (χ0) is 14.5. The molecule has 1 rings (SSSR count). The van der Waals surface area contributed by atoms with Gasteiger partial charge in [0.15, 0.2) is 5.03 Å². The lowest BCUT2D eigenvalue weighted by Gasteiger charge is -2.19. The summed E-state index contributed by atoms with van der Waals surface area (Å²) in [5, 5.41) is 9.05. The van der Waals surface area contributed by atoms with Gasteiger partial charge in [-0.15, -0.1) is 0 Å². The number of unbranched alkanes of at least 4 members (excludes halogenated alkanes) is 1. The van der Waals surface area contributed by atoms with E-state index in [0.29, 0.717) is 6.54 Å². The molecular formula is C12H23N3O3S. The van der Waals surface area contributed by atoms with Gasteiger partial charge in [0.2, 0.25) is 0 Å². The summed E-state index contributed by atoms with van der Waals surface area (Å²) in [6.45, 7) is 6.25. The van der Waals surface area contributed by atoms with Crippen LogP contribution < -0.4 is 0 Å². The molecular weight excluding hydrogens is 266 g/mol. The van der Waals surface area contributed by atoms with Gasteiger partial charge in [0.25, 0.3) is 10.0 Å². The Morgan fingerprint density at radius 1 is 1.42 bits per heavy atom. The van der Waals surface area contributed by atoms with E-state index in [0.717, 1.165) is 12.8 Å². The van der Waals surface area contributed by atoms with Gasteiger partial charge in [-0.3, -0.25) is 0 Å². The largest absolute Gasteiger partial charge is 0.395 e. The van der Waals surface area contributed by atoms with Gasteiger partial charge in [0.1, 0.15) is 0 Å². The van der Waals surface area contributed by atoms with Crippen LogP contribution in [0.3, 0.4) is 0 Å². The molecule has 1 heterocycles. The molecule has 6 nitrogen and oxygen atoms in total. The molecule has 0 spiro atoms. The maximum atomic E-state index is 12.4. The maximum absolute atomic E-state index is 12.4. The Kier molecular flexibility index (Phi) is 5.96. The Labute approximate surface area is 115 Å². The third-order valence-corrected chi connectivity index (χ3v) is 4.67. The number of imidazole rings is 1. The number of hydrogen-bond acceptors (Lipinski definition) is 4. The fraction of sp³-hybridized carbons (Fsp3) is 0.750. The highest BCUT2D eigenvalue weighted by Crippen LogP contribution is 2.16. The molecule has 1 N–H and O–H groups in total. The second kappa shape index (κ2) is 7.02. The van der Waals surface area contributed by atoms with Crippen LogP contribution in [0.25, 0.3) is 0 Å². The van der Waals surface area contributed by atoms with Crippen LogP contribution in [0.2, 0.25) is 0 Å². The summed E-state index contributed by atoms with van der Waals surface area (Å²) in [6, 6.07) is 0.165. The number of aliphatic hydroxyl groups is 1. The van der Waals surface area contributed by atoms with Crippen LogP contribution in [0.1, 0.15) is 39.7 Å². The van der Waals surface area contributed by atoms with Gasteiger partial charge in [-0.25, -0.2) is 13.4 Å². The summed E-state index contributed by atoms with van der Waals surface area (Å²) in [6.07, 6.45) is 4.73. The van der Waals surface area contributed by atoms with Crippen molar-refractivity contribution in [3.63, 3.8) is 0 Å². The first-order chi connectivity index (χ1) is 8.93. The van der Waals surface area contributed by atoms with Crippen LogP contribution in [0.15, 0.2) is 17.6 Å². The van der Waals surface area contributed by atoms with Crippen molar-refractivity contribution in [2.75, 3.05) is 19.7 Å². The zero-order valence-electron chi connectivity index (χ0n) is 11.8. The molecule has 0 bridgehead atoms. The third-order valence-electron chi connectivity index (χ3n) is 2.89. The maximum Gasteiger partial charge on any atom is 0.262 e. The lowest BCUT2D eigenvalue weighted by atomic mass is 10.3. The monoisotopic (exact) mass is 289 g/mol. The van der Waals surface area contributed by atoms with Crippen molar-refractivity contribution in [3.8, 4) is 0 Å². The van der Waals surface area contributed by atoms with Crippen molar-refractivity contribution in [2.45, 2.75) is 44.7 Å². The van der Waals surface area contributed by atoms with Crippen molar-refractivity contribution >= 4 is 10.0 Å². The molecule has 7 heteroatoms. The zero-order valence-corrected chi connectivity index (χ0v) is 12.6. The standard InChI is InChI=1S/C12H23N3O3S/c1-4-5-6-15(7-8-16)19(17,18)12-9-14(10-13-12)11(2)3/h9-11,16H,4-8H2,1-3H3. The minimum atomic E-state index is -3.61. The summed E-state index contributed by atoms with van der Waals surface area (Å²) in [4.78, 5) is 3.97. The van der Waals surface area contributed by atoms with Gasteiger partial charge in [0.05, 0.1) is 12.9 Å². The highest BCUT2D eigenvalue weighted by Gasteiger charge is 2.26. The lowest BCUT2D eigenvalue weighted by Crippen LogP contribution is -2.34. The summed E-state index contributed by atoms with van der Waals surface area (Å²) < 4.78 is 27.9. The molecule has 0 saturated heterocycles. The number of aromatic nitrogens is 2. The third kappa shape index (κ3) is 4.02. The fourth-order valence-corrected chi connectivity index (χ4v) is 3.06. The van der Waals surface area contributed by atoms with Gasteiger partial charge in [-0.05, 0) is 20.3 Å². The van der Waals surface area contributed by atoms with Crippen molar-refractivity contribution in [1.29, 1.82) is 0 Å². The molecule has 0 saturated carbocycles. The first-order valence-electron chi connectivity index (χ1n) is 6.58. The van der Waals surface area contributed by atoms with E-state index in [2.05, 4.69) is 4.98 Å². The molecule has 1 aromatic rings. The van der Waals surface area contributed by atoms with Gasteiger partial charge in [0, 0.05) is 25.3 Å². The Hall–Kier alpha value is -0.920. The molecule has 0 atom stereocenters. The first kappa shape index (κ1) is 16.1. The van der Waals surface area contributed by atoms with Crippen LogP contribution in [0.5, 0.6) is 0 Å². The second-order valence-electron chi connectivity index (χ2n) is 4.73. The van der Waals surface area contributed by atoms with E-state index in [4.69, 9.17) is 5.11 Å². The van der Waals surface area contributed by atoms with Gasteiger partial charge in [-0.2, -0.15) is 4.31 Å². The molecule has 0 fully saturated rings. The summed E-state index contributed by atoms with van der Waals surface area (Å²) in [5.41, 5.74) is 0. The van der Waals surface area contributed by atoms with E-state index in [-0.39, 0.29) is 24.2 Å². The average Bonchev–Trinajstić information content (AvgIpc) is 2.84. The predicted molar refractivity (Wildman–Crippen MR) is 73.4 cm³/mol. The van der Waals surface area contributed by atoms with E-state index in [1.54, 1.807) is 4.57 Å². The topological polar surface area (TPSA) is 75.4 Å². The molecule has 1 aromatic heterocycles. The van der Waals surface area contributed by atoms with Crippen LogP contribution in [-0.2, 0) is 10.0 Å². The number of aliphatic hydroxyl groups excluding tert-OH is 1. The molecule has 0 unspecified atom stereocenters. The fourth-order valence-electron chi connectivity index (χ4n) is 1.66. The second-order valence-corrected chi connectivity index (χ2v) is 6.62.